The van der Waals surface area contributed by atoms with E-state index in [4.69, 9.17) is 20.2 Å². The van der Waals surface area contributed by atoms with Crippen molar-refractivity contribution in [3.63, 3.8) is 0 Å². The molecule has 0 aliphatic carbocycles. The average Bonchev–Trinajstić information content (AvgIpc) is 3.23. The van der Waals surface area contributed by atoms with Crippen LogP contribution >= 0.6 is 0 Å². The Balaban J connectivity index is 1.94. The molecule has 16 unspecified atom stereocenters. The van der Waals surface area contributed by atoms with Gasteiger partial charge in [0.1, 0.15) is 18.3 Å². The number of benzene rings is 1. The van der Waals surface area contributed by atoms with Gasteiger partial charge >= 0.3 is 0 Å². The molecule has 1 heterocycles. The summed E-state index contributed by atoms with van der Waals surface area (Å²) in [6.07, 6.45) is -0.922. The molecule has 16 heteroatoms. The van der Waals surface area contributed by atoms with E-state index >= 15 is 0 Å². The van der Waals surface area contributed by atoms with Crippen molar-refractivity contribution in [3.05, 3.63) is 84.5 Å². The normalized spacial score (nSPS) is 25.4. The summed E-state index contributed by atoms with van der Waals surface area (Å²) in [5, 5.41) is 126. The van der Waals surface area contributed by atoms with Crippen LogP contribution in [0.25, 0.3) is 0 Å². The molecule has 0 bridgehead atoms. The van der Waals surface area contributed by atoms with Crippen LogP contribution in [-0.2, 0) is 16.0 Å². The lowest BCUT2D eigenvalue weighted by Gasteiger charge is -2.41. The molecular weight excluding hydrogens is 829 g/mol. The molecule has 16 nitrogen and oxygen atoms in total. The lowest BCUT2D eigenvalue weighted by atomic mass is 9.90. The van der Waals surface area contributed by atoms with Crippen molar-refractivity contribution in [2.75, 3.05) is 6.54 Å². The molecular formula is C48H80N2O14. The highest BCUT2D eigenvalue weighted by atomic mass is 16.7. The summed E-state index contributed by atoms with van der Waals surface area (Å²) in [5.41, 5.74) is 6.93. The van der Waals surface area contributed by atoms with Gasteiger partial charge in [-0.15, -0.1) is 0 Å². The monoisotopic (exact) mass is 909 g/mol. The summed E-state index contributed by atoms with van der Waals surface area (Å²) < 4.78 is 12.0. The van der Waals surface area contributed by atoms with Gasteiger partial charge in [0.25, 0.3) is 0 Å². The first-order valence-electron chi connectivity index (χ1n) is 22.8. The molecule has 0 saturated carbocycles. The van der Waals surface area contributed by atoms with Crippen LogP contribution in [0.1, 0.15) is 103 Å². The first-order chi connectivity index (χ1) is 30.4. The molecule has 14 N–H and O–H groups in total. The van der Waals surface area contributed by atoms with Gasteiger partial charge in [-0.05, 0) is 83.7 Å². The van der Waals surface area contributed by atoms with Gasteiger partial charge in [0, 0.05) is 30.9 Å². The molecule has 0 radical (unpaired) electrons. The van der Waals surface area contributed by atoms with Gasteiger partial charge in [0.15, 0.2) is 6.29 Å². The summed E-state index contributed by atoms with van der Waals surface area (Å²) in [6.45, 7) is 6.08. The molecule has 1 aromatic rings. The molecule has 1 aliphatic rings. The van der Waals surface area contributed by atoms with Crippen molar-refractivity contribution in [3.8, 4) is 0 Å². The minimum Gasteiger partial charge on any atom is -0.393 e. The summed E-state index contributed by atoms with van der Waals surface area (Å²) in [6, 6.07) is 9.52. The fourth-order valence-corrected chi connectivity index (χ4v) is 7.50. The van der Waals surface area contributed by atoms with Crippen molar-refractivity contribution in [1.82, 2.24) is 0 Å². The van der Waals surface area contributed by atoms with Crippen molar-refractivity contribution in [2.45, 2.75) is 196 Å². The molecule has 1 aliphatic heterocycles. The zero-order valence-electron chi connectivity index (χ0n) is 37.9. The standard InChI is InChI=1S/C48H80N2O14/c1-4-5-6-10-21-44(64-48-47(62)46(61)45(60)32(3)63-48)31(2)43(50-30-33-14-8-7-9-15-33)29-42(59)28-41(58)26-37(54)19-12-18-36(53)25-40(57)27-39(56)24-35(52)17-11-16-34(51)23-38(55)20-13-22-49/h4-12,14-15,17,19,31-32,34-42,44-48,51-62H,13,16,18,20-30,49H2,1-3H3/b5-4+,10-6+,17-11+,19-12+,50-43+. The minimum absolute atomic E-state index is 0.0479. The Hall–Kier alpha value is -2.75. The van der Waals surface area contributed by atoms with E-state index in [0.29, 0.717) is 38.1 Å². The third-order valence-electron chi connectivity index (χ3n) is 11.2. The van der Waals surface area contributed by atoms with Crippen molar-refractivity contribution >= 4 is 5.71 Å². The highest BCUT2D eigenvalue weighted by Gasteiger charge is 2.44. The molecule has 366 valence electrons. The molecule has 0 amide bonds. The zero-order chi connectivity index (χ0) is 47.6. The maximum absolute atomic E-state index is 11.2. The predicted molar refractivity (Wildman–Crippen MR) is 245 cm³/mol. The van der Waals surface area contributed by atoms with Crippen LogP contribution in [0.4, 0.5) is 0 Å². The van der Waals surface area contributed by atoms with E-state index in [-0.39, 0.29) is 57.8 Å². The van der Waals surface area contributed by atoms with Gasteiger partial charge in [0.2, 0.25) is 0 Å². The SMILES string of the molecule is C/C=C/C=C/CC(OC1OC(C)C(O)C(O)C1O)C(C)/C(CC(O)CC(O)CC(O)/C=C/CC(O)CC(O)CC(O)CC(O)/C=C/CC(O)CC(O)CCCN)=N/Cc1ccccc1. The van der Waals surface area contributed by atoms with E-state index in [2.05, 4.69) is 0 Å². The summed E-state index contributed by atoms with van der Waals surface area (Å²) in [5.74, 6) is -0.457. The maximum Gasteiger partial charge on any atom is 0.186 e. The van der Waals surface area contributed by atoms with E-state index in [1.54, 1.807) is 13.0 Å². The quantitative estimate of drug-likeness (QED) is 0.0278. The second kappa shape index (κ2) is 32.0. The lowest BCUT2D eigenvalue weighted by Crippen LogP contribution is -2.58. The number of ether oxygens (including phenoxy) is 2. The van der Waals surface area contributed by atoms with E-state index in [1.807, 2.05) is 68.5 Å². The molecule has 1 fully saturated rings. The second-order valence-electron chi connectivity index (χ2n) is 17.2. The van der Waals surface area contributed by atoms with Gasteiger partial charge in [-0.3, -0.25) is 4.99 Å². The Morgan fingerprint density at radius 1 is 0.688 bits per heavy atom. The Bertz CT molecular complexity index is 1510. The molecule has 1 aromatic carbocycles. The summed E-state index contributed by atoms with van der Waals surface area (Å²) in [4.78, 5) is 4.87. The number of hydrogen-bond donors (Lipinski definition) is 13. The maximum atomic E-state index is 11.2. The fourth-order valence-electron chi connectivity index (χ4n) is 7.50. The van der Waals surface area contributed by atoms with Crippen molar-refractivity contribution in [2.24, 2.45) is 16.6 Å². The first kappa shape index (κ1) is 57.4. The van der Waals surface area contributed by atoms with Crippen LogP contribution < -0.4 is 5.73 Å². The lowest BCUT2D eigenvalue weighted by molar-refractivity contribution is -0.305. The predicted octanol–water partition coefficient (Wildman–Crippen LogP) is 1.61. The molecule has 0 aromatic heterocycles. The second-order valence-corrected chi connectivity index (χ2v) is 17.2. The van der Waals surface area contributed by atoms with Crippen molar-refractivity contribution in [1.29, 1.82) is 0 Å². The number of nitrogens with two attached hydrogens (primary N) is 1. The molecule has 0 spiro atoms. The fraction of sp³-hybridized carbons (Fsp3) is 0.688. The smallest absolute Gasteiger partial charge is 0.186 e. The molecule has 2 rings (SSSR count). The third-order valence-corrected chi connectivity index (χ3v) is 11.2. The van der Waals surface area contributed by atoms with E-state index in [9.17, 15) is 61.3 Å². The Morgan fingerprint density at radius 2 is 1.23 bits per heavy atom. The van der Waals surface area contributed by atoms with Crippen LogP contribution in [-0.4, -0.2) is 165 Å². The third kappa shape index (κ3) is 23.6. The Morgan fingerprint density at radius 3 is 1.81 bits per heavy atom. The van der Waals surface area contributed by atoms with Crippen LogP contribution in [0.3, 0.4) is 0 Å². The number of allylic oxidation sites excluding steroid dienone is 3. The number of rotatable bonds is 32. The first-order valence-corrected chi connectivity index (χ1v) is 22.8. The van der Waals surface area contributed by atoms with Crippen LogP contribution in [0.5, 0.6) is 0 Å². The summed E-state index contributed by atoms with van der Waals surface area (Å²) >= 11 is 0. The van der Waals surface area contributed by atoms with Gasteiger partial charge < -0.3 is 76.5 Å². The van der Waals surface area contributed by atoms with E-state index in [0.717, 1.165) is 5.56 Å². The van der Waals surface area contributed by atoms with Crippen molar-refractivity contribution < 1.29 is 70.8 Å². The van der Waals surface area contributed by atoms with Gasteiger partial charge in [-0.25, -0.2) is 0 Å². The Labute approximate surface area is 379 Å². The average molecular weight is 909 g/mol. The van der Waals surface area contributed by atoms with Gasteiger partial charge in [-0.1, -0.05) is 85.9 Å². The van der Waals surface area contributed by atoms with E-state index in [1.165, 1.54) is 18.2 Å². The molecule has 64 heavy (non-hydrogen) atoms. The van der Waals surface area contributed by atoms with Gasteiger partial charge in [-0.2, -0.15) is 0 Å². The number of aliphatic hydroxyl groups is 12. The number of aliphatic hydroxyl groups excluding tert-OH is 12. The number of nitrogens with zero attached hydrogens (tertiary/aromatic N) is 1. The Kier molecular flexibility index (Phi) is 28.7. The highest BCUT2D eigenvalue weighted by Crippen LogP contribution is 2.28. The topological polar surface area (TPSA) is 300 Å². The molecule has 16 atom stereocenters. The van der Waals surface area contributed by atoms with Crippen LogP contribution in [0, 0.1) is 5.92 Å². The largest absolute Gasteiger partial charge is 0.393 e. The number of aliphatic imine (C=N–C) groups is 1. The summed E-state index contributed by atoms with van der Waals surface area (Å²) in [7, 11) is 0. The zero-order valence-corrected chi connectivity index (χ0v) is 37.9. The molecule has 1 saturated heterocycles. The van der Waals surface area contributed by atoms with Crippen LogP contribution in [0.2, 0.25) is 0 Å². The minimum atomic E-state index is -1.52. The highest BCUT2D eigenvalue weighted by molar-refractivity contribution is 5.87. The number of hydrogen-bond acceptors (Lipinski definition) is 16. The van der Waals surface area contributed by atoms with Crippen LogP contribution in [0.15, 0.2) is 83.9 Å². The van der Waals surface area contributed by atoms with E-state index < -0.39 is 97.7 Å². The van der Waals surface area contributed by atoms with Gasteiger partial charge in [0.05, 0.1) is 73.7 Å².